The highest BCUT2D eigenvalue weighted by atomic mass is 16.2. The predicted molar refractivity (Wildman–Crippen MR) is 99.3 cm³/mol. The SMILES string of the molecule is CC(=O)c1ccc(N2CCN(CN3C(=O)C(=O)N(C(C)C)C3=O)CC2)cc1. The number of benzene rings is 1. The second kappa shape index (κ2) is 7.48. The van der Waals surface area contributed by atoms with Crippen LogP contribution in [0.1, 0.15) is 31.1 Å². The Bertz CT molecular complexity index is 766. The molecule has 8 nitrogen and oxygen atoms in total. The van der Waals surface area contributed by atoms with E-state index in [2.05, 4.69) is 4.90 Å². The molecule has 0 N–H and O–H groups in total. The van der Waals surface area contributed by atoms with E-state index < -0.39 is 17.8 Å². The maximum absolute atomic E-state index is 12.4. The summed E-state index contributed by atoms with van der Waals surface area (Å²) in [4.78, 5) is 54.1. The molecule has 0 bridgehead atoms. The molecule has 1 aromatic carbocycles. The summed E-state index contributed by atoms with van der Waals surface area (Å²) in [6, 6.07) is 6.61. The van der Waals surface area contributed by atoms with E-state index in [1.54, 1.807) is 20.8 Å². The summed E-state index contributed by atoms with van der Waals surface area (Å²) in [5.74, 6) is -1.47. The molecule has 0 atom stereocenters. The highest BCUT2D eigenvalue weighted by Crippen LogP contribution is 2.20. The van der Waals surface area contributed by atoms with Gasteiger partial charge in [-0.3, -0.25) is 24.2 Å². The molecule has 2 fully saturated rings. The molecule has 0 radical (unpaired) electrons. The lowest BCUT2D eigenvalue weighted by molar-refractivity contribution is -0.144. The van der Waals surface area contributed by atoms with E-state index in [-0.39, 0.29) is 18.5 Å². The van der Waals surface area contributed by atoms with E-state index >= 15 is 0 Å². The molecule has 8 heteroatoms. The lowest BCUT2D eigenvalue weighted by atomic mass is 10.1. The fraction of sp³-hybridized carbons (Fsp3) is 0.474. The van der Waals surface area contributed by atoms with Gasteiger partial charge in [0.15, 0.2) is 5.78 Å². The lowest BCUT2D eigenvalue weighted by Gasteiger charge is -2.37. The summed E-state index contributed by atoms with van der Waals surface area (Å²) in [6.07, 6.45) is 0. The number of ketones is 1. The fourth-order valence-electron chi connectivity index (χ4n) is 3.36. The van der Waals surface area contributed by atoms with Crippen molar-refractivity contribution in [2.24, 2.45) is 0 Å². The number of imide groups is 2. The Hall–Kier alpha value is -2.74. The molecule has 0 aromatic heterocycles. The van der Waals surface area contributed by atoms with Crippen molar-refractivity contribution in [3.8, 4) is 0 Å². The van der Waals surface area contributed by atoms with Crippen molar-refractivity contribution in [1.29, 1.82) is 0 Å². The van der Waals surface area contributed by atoms with Crippen molar-refractivity contribution in [2.75, 3.05) is 37.7 Å². The molecule has 2 heterocycles. The number of urea groups is 1. The van der Waals surface area contributed by atoms with Crippen LogP contribution in [0.5, 0.6) is 0 Å². The smallest absolute Gasteiger partial charge is 0.335 e. The monoisotopic (exact) mass is 372 g/mol. The summed E-state index contributed by atoms with van der Waals surface area (Å²) in [5.41, 5.74) is 1.72. The Morgan fingerprint density at radius 2 is 1.56 bits per heavy atom. The van der Waals surface area contributed by atoms with Crippen molar-refractivity contribution in [1.82, 2.24) is 14.7 Å². The van der Waals surface area contributed by atoms with E-state index in [4.69, 9.17) is 0 Å². The quantitative estimate of drug-likeness (QED) is 0.438. The van der Waals surface area contributed by atoms with Crippen LogP contribution < -0.4 is 4.90 Å². The van der Waals surface area contributed by atoms with E-state index in [1.807, 2.05) is 29.2 Å². The fourth-order valence-corrected chi connectivity index (χ4v) is 3.36. The van der Waals surface area contributed by atoms with Gasteiger partial charge in [0, 0.05) is 43.5 Å². The number of amides is 4. The first-order valence-electron chi connectivity index (χ1n) is 9.07. The first-order valence-corrected chi connectivity index (χ1v) is 9.07. The maximum atomic E-state index is 12.4. The summed E-state index contributed by atoms with van der Waals surface area (Å²) >= 11 is 0. The van der Waals surface area contributed by atoms with Gasteiger partial charge in [0.1, 0.15) is 0 Å². The van der Waals surface area contributed by atoms with Crippen LogP contribution in [-0.4, -0.2) is 77.2 Å². The minimum absolute atomic E-state index is 0.0382. The van der Waals surface area contributed by atoms with Crippen molar-refractivity contribution in [2.45, 2.75) is 26.8 Å². The molecule has 27 heavy (non-hydrogen) atoms. The first kappa shape index (κ1) is 19.0. The van der Waals surface area contributed by atoms with Gasteiger partial charge in [-0.1, -0.05) is 0 Å². The van der Waals surface area contributed by atoms with Gasteiger partial charge in [0.05, 0.1) is 6.67 Å². The van der Waals surface area contributed by atoms with Crippen molar-refractivity contribution < 1.29 is 19.2 Å². The third-order valence-electron chi connectivity index (χ3n) is 4.95. The first-order chi connectivity index (χ1) is 12.8. The molecule has 1 aromatic rings. The average Bonchev–Trinajstić information content (AvgIpc) is 2.86. The van der Waals surface area contributed by atoms with Gasteiger partial charge in [-0.05, 0) is 45.0 Å². The van der Waals surface area contributed by atoms with Crippen molar-refractivity contribution in [3.05, 3.63) is 29.8 Å². The lowest BCUT2D eigenvalue weighted by Crippen LogP contribution is -2.51. The molecule has 4 amide bonds. The number of piperazine rings is 1. The predicted octanol–water partition coefficient (Wildman–Crippen LogP) is 1.17. The number of rotatable bonds is 5. The summed E-state index contributed by atoms with van der Waals surface area (Å²) in [5, 5.41) is 0. The molecule has 2 saturated heterocycles. The zero-order valence-corrected chi connectivity index (χ0v) is 15.8. The molecular formula is C19H24N4O4. The van der Waals surface area contributed by atoms with Crippen molar-refractivity contribution in [3.63, 3.8) is 0 Å². The zero-order valence-electron chi connectivity index (χ0n) is 15.8. The minimum atomic E-state index is -0.754. The van der Waals surface area contributed by atoms with E-state index in [0.717, 1.165) is 28.6 Å². The average molecular weight is 372 g/mol. The van der Waals surface area contributed by atoms with Crippen molar-refractivity contribution >= 4 is 29.3 Å². The highest BCUT2D eigenvalue weighted by Gasteiger charge is 2.46. The van der Waals surface area contributed by atoms with Gasteiger partial charge in [-0.25, -0.2) is 9.69 Å². The Balaban J connectivity index is 1.58. The summed E-state index contributed by atoms with van der Waals surface area (Å²) < 4.78 is 0. The third kappa shape index (κ3) is 3.71. The second-order valence-corrected chi connectivity index (χ2v) is 7.13. The number of anilines is 1. The van der Waals surface area contributed by atoms with Gasteiger partial charge in [0.25, 0.3) is 0 Å². The van der Waals surface area contributed by atoms with Crippen LogP contribution >= 0.6 is 0 Å². The number of hydrogen-bond donors (Lipinski definition) is 0. The number of carbonyl (C=O) groups excluding carboxylic acids is 4. The van der Waals surface area contributed by atoms with E-state index in [9.17, 15) is 19.2 Å². The van der Waals surface area contributed by atoms with Crippen LogP contribution in [-0.2, 0) is 9.59 Å². The molecule has 0 saturated carbocycles. The normalized spacial score (nSPS) is 18.8. The van der Waals surface area contributed by atoms with Gasteiger partial charge < -0.3 is 4.90 Å². The van der Waals surface area contributed by atoms with E-state index in [0.29, 0.717) is 18.7 Å². The molecule has 0 spiro atoms. The topological polar surface area (TPSA) is 81.2 Å². The van der Waals surface area contributed by atoms with Crippen LogP contribution in [0, 0.1) is 0 Å². The minimum Gasteiger partial charge on any atom is -0.369 e. The standard InChI is InChI=1S/C19H24N4O4/c1-13(2)23-18(26)17(25)22(19(23)27)12-20-8-10-21(11-9-20)16-6-4-15(5-7-16)14(3)24/h4-7,13H,8-12H2,1-3H3. The number of carbonyl (C=O) groups is 4. The Morgan fingerprint density at radius 3 is 2.04 bits per heavy atom. The zero-order chi connectivity index (χ0) is 19.7. The largest absolute Gasteiger partial charge is 0.369 e. The van der Waals surface area contributed by atoms with Gasteiger partial charge in [-0.15, -0.1) is 0 Å². The number of nitrogens with zero attached hydrogens (tertiary/aromatic N) is 4. The van der Waals surface area contributed by atoms with Crippen LogP contribution in [0.3, 0.4) is 0 Å². The molecule has 0 aliphatic carbocycles. The molecule has 3 rings (SSSR count). The third-order valence-corrected chi connectivity index (χ3v) is 4.95. The molecule has 2 aliphatic rings. The molecule has 144 valence electrons. The van der Waals surface area contributed by atoms with Gasteiger partial charge in [-0.2, -0.15) is 0 Å². The molecule has 0 unspecified atom stereocenters. The number of hydrogen-bond acceptors (Lipinski definition) is 6. The van der Waals surface area contributed by atoms with Gasteiger partial charge >= 0.3 is 17.8 Å². The van der Waals surface area contributed by atoms with Crippen LogP contribution in [0.2, 0.25) is 0 Å². The Labute approximate surface area is 158 Å². The maximum Gasteiger partial charge on any atom is 0.335 e. The van der Waals surface area contributed by atoms with Crippen LogP contribution in [0.4, 0.5) is 10.5 Å². The number of Topliss-reactive ketones (excluding diaryl/α,β-unsaturated/α-hetero) is 1. The summed E-state index contributed by atoms with van der Waals surface area (Å²) in [6.45, 7) is 7.90. The Kier molecular flexibility index (Phi) is 5.27. The van der Waals surface area contributed by atoms with E-state index in [1.165, 1.54) is 0 Å². The highest BCUT2D eigenvalue weighted by molar-refractivity contribution is 6.44. The molecular weight excluding hydrogens is 348 g/mol. The Morgan fingerprint density at radius 1 is 0.963 bits per heavy atom. The van der Waals surface area contributed by atoms with Crippen LogP contribution in [0.15, 0.2) is 24.3 Å². The molecule has 2 aliphatic heterocycles. The summed E-state index contributed by atoms with van der Waals surface area (Å²) in [7, 11) is 0. The van der Waals surface area contributed by atoms with Gasteiger partial charge in [0.2, 0.25) is 0 Å². The van der Waals surface area contributed by atoms with Crippen LogP contribution in [0.25, 0.3) is 0 Å². The second-order valence-electron chi connectivity index (χ2n) is 7.13.